The molecule has 1 aliphatic carbocycles. The lowest BCUT2D eigenvalue weighted by molar-refractivity contribution is 0.363. The Labute approximate surface area is 184 Å². The van der Waals surface area contributed by atoms with E-state index >= 15 is 0 Å². The van der Waals surface area contributed by atoms with Crippen molar-refractivity contribution >= 4 is 28.5 Å². The van der Waals surface area contributed by atoms with Gasteiger partial charge in [-0.15, -0.1) is 0 Å². The summed E-state index contributed by atoms with van der Waals surface area (Å²) in [7, 11) is 1.73. The molecule has 0 bridgehead atoms. The summed E-state index contributed by atoms with van der Waals surface area (Å²) in [6, 6.07) is 2.50. The summed E-state index contributed by atoms with van der Waals surface area (Å²) in [4.78, 5) is 27.3. The molecule has 0 radical (unpaired) electrons. The third-order valence-electron chi connectivity index (χ3n) is 6.32. The summed E-state index contributed by atoms with van der Waals surface area (Å²) >= 11 is 5.57. The van der Waals surface area contributed by atoms with E-state index in [-0.39, 0.29) is 29.9 Å². The molecule has 6 rings (SSSR count). The van der Waals surface area contributed by atoms with Crippen molar-refractivity contribution in [2.24, 2.45) is 18.9 Å². The fourth-order valence-corrected chi connectivity index (χ4v) is 4.75. The number of piperidine rings is 1. The van der Waals surface area contributed by atoms with Crippen molar-refractivity contribution in [3.05, 3.63) is 63.5 Å². The largest absolute Gasteiger partial charge is 0.371 e. The van der Waals surface area contributed by atoms with Gasteiger partial charge in [0.2, 0.25) is 5.89 Å². The van der Waals surface area contributed by atoms with E-state index in [0.717, 1.165) is 0 Å². The molecule has 0 N–H and O–H groups in total. The average molecular weight is 460 g/mol. The Balaban J connectivity index is 1.16. The Morgan fingerprint density at radius 3 is 2.56 bits per heavy atom. The molecule has 0 spiro atoms. The van der Waals surface area contributed by atoms with Crippen LogP contribution >= 0.6 is 11.6 Å². The van der Waals surface area contributed by atoms with E-state index < -0.39 is 16.7 Å². The van der Waals surface area contributed by atoms with Gasteiger partial charge in [0.1, 0.15) is 29.5 Å². The number of halogens is 3. The summed E-state index contributed by atoms with van der Waals surface area (Å²) in [6.45, 7) is 1.39. The van der Waals surface area contributed by atoms with E-state index in [1.807, 2.05) is 4.90 Å². The molecule has 2 aliphatic rings. The van der Waals surface area contributed by atoms with Crippen LogP contribution < -0.4 is 10.5 Å². The molecule has 2 unspecified atom stereocenters. The van der Waals surface area contributed by atoms with Gasteiger partial charge in [0.15, 0.2) is 17.0 Å². The van der Waals surface area contributed by atoms with Gasteiger partial charge in [-0.2, -0.15) is 4.98 Å². The fraction of sp³-hybridized carbons (Fsp3) is 0.350. The monoisotopic (exact) mass is 459 g/mol. The zero-order valence-corrected chi connectivity index (χ0v) is 17.5. The second kappa shape index (κ2) is 6.83. The maximum Gasteiger partial charge on any atom is 0.280 e. The van der Waals surface area contributed by atoms with E-state index in [4.69, 9.17) is 16.1 Å². The highest BCUT2D eigenvalue weighted by Crippen LogP contribution is 2.58. The Morgan fingerprint density at radius 2 is 1.84 bits per heavy atom. The molecule has 0 amide bonds. The van der Waals surface area contributed by atoms with Gasteiger partial charge in [-0.1, -0.05) is 16.8 Å². The molecule has 164 valence electrons. The van der Waals surface area contributed by atoms with Crippen LogP contribution in [0.3, 0.4) is 0 Å². The number of imidazole rings is 1. The molecular formula is C20H16ClF2N7O2. The van der Waals surface area contributed by atoms with E-state index in [1.165, 1.54) is 29.4 Å². The van der Waals surface area contributed by atoms with Crippen molar-refractivity contribution in [2.45, 2.75) is 12.5 Å². The van der Waals surface area contributed by atoms with Crippen LogP contribution in [0.2, 0.25) is 5.02 Å². The first-order valence-electron chi connectivity index (χ1n) is 9.99. The molecule has 2 atom stereocenters. The molecular weight excluding hydrogens is 444 g/mol. The summed E-state index contributed by atoms with van der Waals surface area (Å²) in [5, 5.41) is 3.61. The molecule has 1 aromatic carbocycles. The van der Waals surface area contributed by atoms with Gasteiger partial charge in [0.05, 0.1) is 6.33 Å². The first-order chi connectivity index (χ1) is 15.4. The van der Waals surface area contributed by atoms with Crippen LogP contribution in [0.4, 0.5) is 14.5 Å². The number of benzene rings is 1. The lowest BCUT2D eigenvalue weighted by Gasteiger charge is -2.21. The number of nitrogens with zero attached hydrogens (tertiary/aromatic N) is 7. The van der Waals surface area contributed by atoms with Gasteiger partial charge in [-0.25, -0.2) is 18.7 Å². The van der Waals surface area contributed by atoms with Crippen LogP contribution in [0.25, 0.3) is 11.2 Å². The SMILES string of the molecule is Cn1cnc2ncn(Cc3nc(C4C5CN(c6cc(F)c(Cl)c(F)c6)CC54)no3)c(=O)c21. The number of fused-ring (bicyclic) bond motifs is 2. The van der Waals surface area contributed by atoms with Crippen molar-refractivity contribution in [2.75, 3.05) is 18.0 Å². The second-order valence-corrected chi connectivity index (χ2v) is 8.61. The molecule has 1 saturated carbocycles. The van der Waals surface area contributed by atoms with E-state index in [2.05, 4.69) is 20.1 Å². The smallest absolute Gasteiger partial charge is 0.280 e. The van der Waals surface area contributed by atoms with Gasteiger partial charge in [-0.05, 0) is 24.0 Å². The lowest BCUT2D eigenvalue weighted by atomic mass is 10.2. The maximum absolute atomic E-state index is 13.8. The highest BCUT2D eigenvalue weighted by Gasteiger charge is 2.58. The predicted octanol–water partition coefficient (Wildman–Crippen LogP) is 2.34. The van der Waals surface area contributed by atoms with Gasteiger partial charge in [0.25, 0.3) is 5.56 Å². The number of rotatable bonds is 4. The van der Waals surface area contributed by atoms with Crippen LogP contribution in [0.1, 0.15) is 17.6 Å². The molecule has 1 saturated heterocycles. The van der Waals surface area contributed by atoms with Gasteiger partial charge in [-0.3, -0.25) is 9.36 Å². The number of aryl methyl sites for hydroxylation is 1. The molecule has 1 aliphatic heterocycles. The number of aromatic nitrogens is 6. The highest BCUT2D eigenvalue weighted by molar-refractivity contribution is 6.31. The first-order valence-corrected chi connectivity index (χ1v) is 10.4. The molecule has 4 aromatic rings. The molecule has 32 heavy (non-hydrogen) atoms. The zero-order chi connectivity index (χ0) is 22.1. The standard InChI is InChI=1S/C20H16ClF2N7O2/c1-28-7-24-19-17(28)20(31)30(8-25-19)6-14-26-18(27-32-14)15-10-4-29(5-11(10)15)9-2-12(22)16(21)13(23)3-9/h2-3,7-8,10-11,15H,4-6H2,1H3. The summed E-state index contributed by atoms with van der Waals surface area (Å²) in [5.41, 5.74) is 1.02. The predicted molar refractivity (Wildman–Crippen MR) is 109 cm³/mol. The van der Waals surface area contributed by atoms with E-state index in [1.54, 1.807) is 11.6 Å². The average Bonchev–Trinajstić information content (AvgIpc) is 3.19. The van der Waals surface area contributed by atoms with Crippen molar-refractivity contribution < 1.29 is 13.3 Å². The Kier molecular flexibility index (Phi) is 4.13. The molecule has 12 heteroatoms. The molecule has 4 heterocycles. The van der Waals surface area contributed by atoms with Crippen LogP contribution in [0.5, 0.6) is 0 Å². The minimum atomic E-state index is -0.768. The topological polar surface area (TPSA) is 94.9 Å². The van der Waals surface area contributed by atoms with Gasteiger partial charge >= 0.3 is 0 Å². The Bertz CT molecular complexity index is 1400. The molecule has 2 fully saturated rings. The third kappa shape index (κ3) is 2.91. The summed E-state index contributed by atoms with van der Waals surface area (Å²) < 4.78 is 36.0. The number of hydrogen-bond donors (Lipinski definition) is 0. The first kappa shape index (κ1) is 19.4. The van der Waals surface area contributed by atoms with Gasteiger partial charge in [0, 0.05) is 31.7 Å². The number of hydrogen-bond acceptors (Lipinski definition) is 7. The molecule has 3 aromatic heterocycles. The van der Waals surface area contributed by atoms with Crippen molar-refractivity contribution in [3.63, 3.8) is 0 Å². The van der Waals surface area contributed by atoms with Crippen molar-refractivity contribution in [1.29, 1.82) is 0 Å². The Morgan fingerprint density at radius 1 is 1.16 bits per heavy atom. The molecule has 9 nitrogen and oxygen atoms in total. The second-order valence-electron chi connectivity index (χ2n) is 8.23. The third-order valence-corrected chi connectivity index (χ3v) is 6.68. The zero-order valence-electron chi connectivity index (χ0n) is 16.7. The van der Waals surface area contributed by atoms with Crippen LogP contribution in [0, 0.1) is 23.5 Å². The summed E-state index contributed by atoms with van der Waals surface area (Å²) in [5.74, 6) is 0.0427. The van der Waals surface area contributed by atoms with E-state index in [0.29, 0.717) is 41.7 Å². The summed E-state index contributed by atoms with van der Waals surface area (Å²) in [6.07, 6.45) is 2.95. The van der Waals surface area contributed by atoms with Crippen LogP contribution in [-0.2, 0) is 13.6 Å². The Hall–Kier alpha value is -3.34. The van der Waals surface area contributed by atoms with Crippen molar-refractivity contribution in [3.8, 4) is 0 Å². The fourth-order valence-electron chi connectivity index (χ4n) is 4.64. The highest BCUT2D eigenvalue weighted by atomic mass is 35.5. The van der Waals surface area contributed by atoms with Crippen LogP contribution in [0.15, 0.2) is 34.1 Å². The van der Waals surface area contributed by atoms with Gasteiger partial charge < -0.3 is 14.0 Å². The minimum absolute atomic E-state index is 0.109. The normalized spacial score (nSPS) is 22.0. The minimum Gasteiger partial charge on any atom is -0.371 e. The van der Waals surface area contributed by atoms with Crippen molar-refractivity contribution in [1.82, 2.24) is 29.2 Å². The van der Waals surface area contributed by atoms with E-state index in [9.17, 15) is 13.6 Å². The van der Waals surface area contributed by atoms with Crippen LogP contribution in [-0.4, -0.2) is 42.3 Å². The quantitative estimate of drug-likeness (QED) is 0.432. The maximum atomic E-state index is 13.8. The lowest BCUT2D eigenvalue weighted by Crippen LogP contribution is -2.24. The number of anilines is 1.